The highest BCUT2D eigenvalue weighted by atomic mass is 16.3. The number of aryl methyl sites for hydroxylation is 1. The lowest BCUT2D eigenvalue weighted by atomic mass is 9.77. The second-order valence-corrected chi connectivity index (χ2v) is 7.91. The Bertz CT molecular complexity index is 649. The molecule has 1 fully saturated rings. The molecule has 0 aliphatic carbocycles. The summed E-state index contributed by atoms with van der Waals surface area (Å²) in [7, 11) is 0. The molecule has 0 spiro atoms. The van der Waals surface area contributed by atoms with E-state index in [9.17, 15) is 14.7 Å². The van der Waals surface area contributed by atoms with Crippen molar-refractivity contribution in [2.75, 3.05) is 5.32 Å². The van der Waals surface area contributed by atoms with E-state index in [-0.39, 0.29) is 17.5 Å². The summed E-state index contributed by atoms with van der Waals surface area (Å²) in [5.41, 5.74) is 6.17. The van der Waals surface area contributed by atoms with E-state index < -0.39 is 22.9 Å². The predicted molar refractivity (Wildman–Crippen MR) is 93.7 cm³/mol. The number of hydrogen-bond donors (Lipinski definition) is 3. The lowest BCUT2D eigenvalue weighted by molar-refractivity contribution is -0.156. The molecule has 1 saturated heterocycles. The summed E-state index contributed by atoms with van der Waals surface area (Å²) in [6.07, 6.45) is 1.26. The number of carbonyl (C=O) groups excluding carboxylic acids is 2. The Morgan fingerprint density at radius 3 is 2.29 bits per heavy atom. The Morgan fingerprint density at radius 2 is 1.75 bits per heavy atom. The number of aromatic hydroxyl groups is 1. The highest BCUT2D eigenvalue weighted by molar-refractivity contribution is 6.40. The monoisotopic (exact) mass is 333 g/mol. The van der Waals surface area contributed by atoms with Crippen LogP contribution >= 0.6 is 0 Å². The molecule has 1 aromatic rings. The number of phenols is 1. The Hall–Kier alpha value is -2.08. The van der Waals surface area contributed by atoms with Crippen molar-refractivity contribution in [1.82, 2.24) is 4.90 Å². The normalized spacial score (nSPS) is 19.8. The number of amides is 2. The lowest BCUT2D eigenvalue weighted by Crippen LogP contribution is -2.66. The van der Waals surface area contributed by atoms with Gasteiger partial charge in [0.1, 0.15) is 5.75 Å². The number of benzene rings is 1. The fourth-order valence-corrected chi connectivity index (χ4v) is 3.93. The van der Waals surface area contributed by atoms with E-state index in [0.29, 0.717) is 12.8 Å². The summed E-state index contributed by atoms with van der Waals surface area (Å²) in [4.78, 5) is 26.9. The fraction of sp³-hybridized carbons (Fsp3) is 0.556. The number of rotatable bonds is 1. The summed E-state index contributed by atoms with van der Waals surface area (Å²) in [6, 6.07) is 4.83. The van der Waals surface area contributed by atoms with Crippen LogP contribution in [0.1, 0.15) is 46.1 Å². The Kier molecular flexibility index (Phi) is 4.63. The van der Waals surface area contributed by atoms with Gasteiger partial charge in [-0.25, -0.2) is 0 Å². The fourth-order valence-electron chi connectivity index (χ4n) is 3.93. The number of carbonyl (C=O) groups is 2. The lowest BCUT2D eigenvalue weighted by Gasteiger charge is -2.54. The number of nitrogens with zero attached hydrogens (tertiary/aromatic N) is 1. The quantitative estimate of drug-likeness (QED) is 0.542. The van der Waals surface area contributed by atoms with Crippen LogP contribution in [0.15, 0.2) is 18.2 Å². The first kappa shape index (κ1) is 18.3. The van der Waals surface area contributed by atoms with Gasteiger partial charge in [-0.1, -0.05) is 6.07 Å². The molecule has 2 amide bonds. The molecule has 0 bridgehead atoms. The Balaban J connectivity index is 2.26. The number of nitrogens with one attached hydrogen (secondary N) is 1. The van der Waals surface area contributed by atoms with Crippen molar-refractivity contribution in [3.63, 3.8) is 0 Å². The average molecular weight is 333 g/mol. The molecule has 2 rings (SSSR count). The zero-order valence-corrected chi connectivity index (χ0v) is 15.0. The second-order valence-electron chi connectivity index (χ2n) is 7.91. The first-order valence-electron chi connectivity index (χ1n) is 8.15. The van der Waals surface area contributed by atoms with Gasteiger partial charge in [-0.2, -0.15) is 0 Å². The average Bonchev–Trinajstić information content (AvgIpc) is 2.39. The third-order valence-corrected chi connectivity index (χ3v) is 4.53. The van der Waals surface area contributed by atoms with Crippen LogP contribution in [0.2, 0.25) is 0 Å². The molecule has 1 aliphatic heterocycles. The third-order valence-electron chi connectivity index (χ3n) is 4.53. The largest absolute Gasteiger partial charge is 0.506 e. The van der Waals surface area contributed by atoms with Crippen molar-refractivity contribution in [3.8, 4) is 5.75 Å². The maximum Gasteiger partial charge on any atom is 0.314 e. The molecule has 6 heteroatoms. The molecule has 0 atom stereocenters. The van der Waals surface area contributed by atoms with Crippen LogP contribution < -0.4 is 11.1 Å². The van der Waals surface area contributed by atoms with Crippen molar-refractivity contribution in [1.29, 1.82) is 0 Å². The number of anilines is 1. The minimum atomic E-state index is -0.757. The first-order chi connectivity index (χ1) is 10.9. The minimum Gasteiger partial charge on any atom is -0.506 e. The van der Waals surface area contributed by atoms with E-state index in [1.54, 1.807) is 17.0 Å². The number of nitrogens with two attached hydrogens (primary N) is 1. The van der Waals surface area contributed by atoms with E-state index in [4.69, 9.17) is 5.73 Å². The van der Waals surface area contributed by atoms with Crippen molar-refractivity contribution in [2.45, 2.75) is 64.6 Å². The molecule has 4 N–H and O–H groups in total. The summed E-state index contributed by atoms with van der Waals surface area (Å²) in [5, 5.41) is 12.4. The molecule has 0 radical (unpaired) electrons. The zero-order valence-electron chi connectivity index (χ0n) is 15.0. The van der Waals surface area contributed by atoms with Crippen LogP contribution in [0.3, 0.4) is 0 Å². The van der Waals surface area contributed by atoms with Crippen molar-refractivity contribution >= 4 is 17.5 Å². The first-order valence-corrected chi connectivity index (χ1v) is 8.15. The Labute approximate surface area is 143 Å². The van der Waals surface area contributed by atoms with Crippen LogP contribution in [0.5, 0.6) is 5.75 Å². The number of piperidine rings is 1. The maximum atomic E-state index is 12.8. The summed E-state index contributed by atoms with van der Waals surface area (Å²) in [5.74, 6) is -1.44. The van der Waals surface area contributed by atoms with E-state index in [1.165, 1.54) is 6.07 Å². The van der Waals surface area contributed by atoms with Crippen LogP contribution in [0.4, 0.5) is 5.69 Å². The van der Waals surface area contributed by atoms with Gasteiger partial charge < -0.3 is 21.1 Å². The molecule has 1 aromatic carbocycles. The van der Waals surface area contributed by atoms with E-state index >= 15 is 0 Å². The van der Waals surface area contributed by atoms with Gasteiger partial charge in [0, 0.05) is 17.1 Å². The molecule has 24 heavy (non-hydrogen) atoms. The Morgan fingerprint density at radius 1 is 1.21 bits per heavy atom. The smallest absolute Gasteiger partial charge is 0.314 e. The van der Waals surface area contributed by atoms with Gasteiger partial charge >= 0.3 is 11.8 Å². The molecular formula is C18H27N3O3. The number of likely N-dealkylation sites (tertiary alicyclic amines) is 1. The van der Waals surface area contributed by atoms with Crippen LogP contribution in [-0.2, 0) is 9.59 Å². The predicted octanol–water partition coefficient (Wildman–Crippen LogP) is 2.15. The molecule has 0 aromatic heterocycles. The number of hydrogen-bond acceptors (Lipinski definition) is 4. The standard InChI is InChI=1S/C18H27N3O3/c1-11-6-7-14(22)13(8-11)20-15(23)16(24)21-17(2,3)9-12(19)10-18(21,4)5/h6-8,12,22H,9-10,19H2,1-5H3,(H,20,23). The van der Waals surface area contributed by atoms with Gasteiger partial charge in [0.25, 0.3) is 0 Å². The molecule has 1 aliphatic rings. The van der Waals surface area contributed by atoms with Crippen molar-refractivity contribution in [3.05, 3.63) is 23.8 Å². The van der Waals surface area contributed by atoms with Gasteiger partial charge in [-0.15, -0.1) is 0 Å². The van der Waals surface area contributed by atoms with Gasteiger partial charge in [0.15, 0.2) is 0 Å². The van der Waals surface area contributed by atoms with E-state index in [1.807, 2.05) is 34.6 Å². The SMILES string of the molecule is Cc1ccc(O)c(NC(=O)C(=O)N2C(C)(C)CC(N)CC2(C)C)c1. The molecule has 1 heterocycles. The van der Waals surface area contributed by atoms with Gasteiger partial charge in [0.05, 0.1) is 5.69 Å². The minimum absolute atomic E-state index is 0.0112. The van der Waals surface area contributed by atoms with Crippen LogP contribution in [0, 0.1) is 6.92 Å². The summed E-state index contributed by atoms with van der Waals surface area (Å²) in [6.45, 7) is 9.52. The van der Waals surface area contributed by atoms with E-state index in [0.717, 1.165) is 5.56 Å². The summed E-state index contributed by atoms with van der Waals surface area (Å²) >= 11 is 0. The van der Waals surface area contributed by atoms with Crippen molar-refractivity contribution < 1.29 is 14.7 Å². The maximum absolute atomic E-state index is 12.8. The van der Waals surface area contributed by atoms with E-state index in [2.05, 4.69) is 5.32 Å². The van der Waals surface area contributed by atoms with Gasteiger partial charge in [-0.3, -0.25) is 9.59 Å². The molecule has 0 unspecified atom stereocenters. The van der Waals surface area contributed by atoms with Gasteiger partial charge in [-0.05, 0) is 65.2 Å². The molecule has 6 nitrogen and oxygen atoms in total. The second kappa shape index (κ2) is 6.09. The van der Waals surface area contributed by atoms with Crippen LogP contribution in [0.25, 0.3) is 0 Å². The topological polar surface area (TPSA) is 95.7 Å². The third kappa shape index (κ3) is 3.53. The molecule has 0 saturated carbocycles. The van der Waals surface area contributed by atoms with Crippen molar-refractivity contribution in [2.24, 2.45) is 5.73 Å². The van der Waals surface area contributed by atoms with Crippen LogP contribution in [-0.4, -0.2) is 38.9 Å². The molecular weight excluding hydrogens is 306 g/mol. The summed E-state index contributed by atoms with van der Waals surface area (Å²) < 4.78 is 0. The molecule has 132 valence electrons. The highest BCUT2D eigenvalue weighted by Gasteiger charge is 2.48. The number of phenolic OH excluding ortho intramolecular Hbond substituents is 1. The zero-order chi connectivity index (χ0) is 18.3. The van der Waals surface area contributed by atoms with Gasteiger partial charge in [0.2, 0.25) is 0 Å². The highest BCUT2D eigenvalue weighted by Crippen LogP contribution is 2.38.